The van der Waals surface area contributed by atoms with Gasteiger partial charge in [-0.1, -0.05) is 36.4 Å². The zero-order valence-corrected chi connectivity index (χ0v) is 10.0. The average Bonchev–Trinajstić information content (AvgIpc) is 2.89. The minimum Gasteiger partial charge on any atom is -0.349 e. The Balaban J connectivity index is 1.82. The van der Waals surface area contributed by atoms with Crippen LogP contribution in [-0.4, -0.2) is 9.55 Å². The van der Waals surface area contributed by atoms with Crippen LogP contribution in [0.3, 0.4) is 0 Å². The molecule has 2 aromatic heterocycles. The van der Waals surface area contributed by atoms with Crippen molar-refractivity contribution in [1.82, 2.24) is 9.55 Å². The van der Waals surface area contributed by atoms with Gasteiger partial charge in [-0.05, 0) is 17.7 Å². The van der Waals surface area contributed by atoms with Gasteiger partial charge in [-0.25, -0.2) is 0 Å². The third kappa shape index (κ3) is 2.33. The second-order valence-electron chi connectivity index (χ2n) is 4.30. The molecule has 2 heteroatoms. The Labute approximate surface area is 107 Å². The van der Waals surface area contributed by atoms with E-state index in [9.17, 15) is 0 Å². The summed E-state index contributed by atoms with van der Waals surface area (Å²) in [5, 5.41) is 0. The van der Waals surface area contributed by atoms with Gasteiger partial charge in [-0.2, -0.15) is 0 Å². The van der Waals surface area contributed by atoms with E-state index in [4.69, 9.17) is 0 Å². The fraction of sp³-hybridized carbons (Fsp3) is 0.0625. The van der Waals surface area contributed by atoms with Crippen LogP contribution >= 0.6 is 0 Å². The second kappa shape index (κ2) is 4.88. The maximum absolute atomic E-state index is 4.15. The van der Waals surface area contributed by atoms with Crippen molar-refractivity contribution < 1.29 is 0 Å². The number of benzene rings is 1. The molecule has 0 saturated heterocycles. The molecular formula is C16H14N2. The quantitative estimate of drug-likeness (QED) is 0.677. The fourth-order valence-electron chi connectivity index (χ4n) is 2.04. The monoisotopic (exact) mass is 234 g/mol. The molecule has 3 rings (SSSR count). The summed E-state index contributed by atoms with van der Waals surface area (Å²) in [5.41, 5.74) is 3.68. The molecule has 2 nitrogen and oxygen atoms in total. The van der Waals surface area contributed by atoms with E-state index in [0.29, 0.717) is 0 Å². The largest absolute Gasteiger partial charge is 0.349 e. The maximum Gasteiger partial charge on any atom is 0.0470 e. The number of pyridine rings is 1. The van der Waals surface area contributed by atoms with Gasteiger partial charge in [0.2, 0.25) is 0 Å². The minimum absolute atomic E-state index is 0.904. The summed E-state index contributed by atoms with van der Waals surface area (Å²) >= 11 is 0. The molecule has 88 valence electrons. The van der Waals surface area contributed by atoms with Gasteiger partial charge in [0.25, 0.3) is 0 Å². The van der Waals surface area contributed by atoms with E-state index < -0.39 is 0 Å². The number of nitrogens with zero attached hydrogens (tertiary/aromatic N) is 2. The third-order valence-electron chi connectivity index (χ3n) is 2.95. The molecule has 0 N–H and O–H groups in total. The van der Waals surface area contributed by atoms with Gasteiger partial charge in [0.1, 0.15) is 0 Å². The highest BCUT2D eigenvalue weighted by Gasteiger charge is 2.00. The van der Waals surface area contributed by atoms with Crippen molar-refractivity contribution in [3.8, 4) is 11.1 Å². The topological polar surface area (TPSA) is 17.8 Å². The first-order valence-electron chi connectivity index (χ1n) is 6.02. The highest BCUT2D eigenvalue weighted by Crippen LogP contribution is 2.18. The number of rotatable bonds is 3. The Kier molecular flexibility index (Phi) is 2.92. The van der Waals surface area contributed by atoms with Crippen molar-refractivity contribution >= 4 is 0 Å². The molecule has 0 aliphatic rings. The Morgan fingerprint density at radius 2 is 1.78 bits per heavy atom. The number of aromatic nitrogens is 2. The summed E-state index contributed by atoms with van der Waals surface area (Å²) in [4.78, 5) is 4.15. The molecular weight excluding hydrogens is 220 g/mol. The zero-order chi connectivity index (χ0) is 12.2. The fourth-order valence-corrected chi connectivity index (χ4v) is 2.04. The third-order valence-corrected chi connectivity index (χ3v) is 2.95. The van der Waals surface area contributed by atoms with E-state index in [1.165, 1.54) is 11.1 Å². The van der Waals surface area contributed by atoms with Crippen molar-refractivity contribution in [1.29, 1.82) is 0 Å². The summed E-state index contributed by atoms with van der Waals surface area (Å²) < 4.78 is 2.19. The molecule has 0 aliphatic carbocycles. The predicted molar refractivity (Wildman–Crippen MR) is 73.2 cm³/mol. The first-order chi connectivity index (χ1) is 8.92. The van der Waals surface area contributed by atoms with Gasteiger partial charge in [-0.3, -0.25) is 4.98 Å². The van der Waals surface area contributed by atoms with Gasteiger partial charge in [0.15, 0.2) is 0 Å². The Bertz CT molecular complexity index is 612. The van der Waals surface area contributed by atoms with Gasteiger partial charge >= 0.3 is 0 Å². The molecule has 0 spiro atoms. The lowest BCUT2D eigenvalue weighted by Gasteiger charge is -2.02. The highest BCUT2D eigenvalue weighted by atomic mass is 14.9. The molecule has 3 aromatic rings. The van der Waals surface area contributed by atoms with Crippen LogP contribution in [0.15, 0.2) is 73.3 Å². The summed E-state index contributed by atoms with van der Waals surface area (Å²) in [6, 6.07) is 16.6. The molecule has 0 saturated carbocycles. The molecule has 1 aromatic carbocycles. The van der Waals surface area contributed by atoms with Crippen LogP contribution in [0.4, 0.5) is 0 Å². The lowest BCUT2D eigenvalue weighted by atomic mass is 10.2. The molecule has 0 unspecified atom stereocenters. The van der Waals surface area contributed by atoms with Gasteiger partial charge in [0.05, 0.1) is 0 Å². The van der Waals surface area contributed by atoms with E-state index in [2.05, 4.69) is 58.3 Å². The molecule has 0 atom stereocenters. The second-order valence-corrected chi connectivity index (χ2v) is 4.30. The van der Waals surface area contributed by atoms with Crippen molar-refractivity contribution in [3.63, 3.8) is 0 Å². The Hall–Kier alpha value is -2.35. The van der Waals surface area contributed by atoms with Crippen LogP contribution in [0.25, 0.3) is 11.1 Å². The van der Waals surface area contributed by atoms with Gasteiger partial charge in [-0.15, -0.1) is 0 Å². The van der Waals surface area contributed by atoms with Crippen molar-refractivity contribution in [2.45, 2.75) is 6.54 Å². The van der Waals surface area contributed by atoms with E-state index in [0.717, 1.165) is 12.1 Å². The lowest BCUT2D eigenvalue weighted by Crippen LogP contribution is -1.95. The first-order valence-corrected chi connectivity index (χ1v) is 6.02. The molecule has 0 bridgehead atoms. The summed E-state index contributed by atoms with van der Waals surface area (Å²) in [7, 11) is 0. The summed E-state index contributed by atoms with van der Waals surface area (Å²) in [5.74, 6) is 0. The molecule has 0 amide bonds. The minimum atomic E-state index is 0.904. The maximum atomic E-state index is 4.15. The molecule has 0 aliphatic heterocycles. The molecule has 18 heavy (non-hydrogen) atoms. The number of hydrogen-bond acceptors (Lipinski definition) is 1. The smallest absolute Gasteiger partial charge is 0.0470 e. The molecule has 2 heterocycles. The van der Waals surface area contributed by atoms with Crippen LogP contribution in [0, 0.1) is 0 Å². The van der Waals surface area contributed by atoms with Crippen LogP contribution in [0.5, 0.6) is 0 Å². The highest BCUT2D eigenvalue weighted by molar-refractivity contribution is 5.61. The van der Waals surface area contributed by atoms with Crippen molar-refractivity contribution in [2.75, 3.05) is 0 Å². The van der Waals surface area contributed by atoms with Gasteiger partial charge in [0, 0.05) is 42.5 Å². The SMILES string of the molecule is c1ccc(Cn2ccc(-c3cccnc3)c2)cc1. The van der Waals surface area contributed by atoms with E-state index in [1.54, 1.807) is 6.20 Å². The van der Waals surface area contributed by atoms with Crippen molar-refractivity contribution in [2.24, 2.45) is 0 Å². The first kappa shape index (κ1) is 10.8. The zero-order valence-electron chi connectivity index (χ0n) is 10.0. The molecule has 0 fully saturated rings. The van der Waals surface area contributed by atoms with Crippen LogP contribution in [0.2, 0.25) is 0 Å². The molecule has 0 radical (unpaired) electrons. The predicted octanol–water partition coefficient (Wildman–Crippen LogP) is 3.60. The summed E-state index contributed by atoms with van der Waals surface area (Å²) in [6.07, 6.45) is 7.95. The van der Waals surface area contributed by atoms with Crippen LogP contribution < -0.4 is 0 Å². The van der Waals surface area contributed by atoms with Crippen LogP contribution in [-0.2, 0) is 6.54 Å². The van der Waals surface area contributed by atoms with Crippen molar-refractivity contribution in [3.05, 3.63) is 78.9 Å². The van der Waals surface area contributed by atoms with E-state index >= 15 is 0 Å². The van der Waals surface area contributed by atoms with E-state index in [-0.39, 0.29) is 0 Å². The summed E-state index contributed by atoms with van der Waals surface area (Å²) in [6.45, 7) is 0.904. The van der Waals surface area contributed by atoms with Crippen LogP contribution in [0.1, 0.15) is 5.56 Å². The van der Waals surface area contributed by atoms with Gasteiger partial charge < -0.3 is 4.57 Å². The van der Waals surface area contributed by atoms with E-state index in [1.807, 2.05) is 18.3 Å². The Morgan fingerprint density at radius 3 is 2.56 bits per heavy atom. The normalized spacial score (nSPS) is 10.4. The Morgan fingerprint density at radius 1 is 0.889 bits per heavy atom. The number of hydrogen-bond donors (Lipinski definition) is 0. The average molecular weight is 234 g/mol. The standard InChI is InChI=1S/C16H14N2/c1-2-5-14(6-3-1)12-18-10-8-16(13-18)15-7-4-9-17-11-15/h1-11,13H,12H2. The lowest BCUT2D eigenvalue weighted by molar-refractivity contribution is 0.807.